The number of amides is 2. The number of halogens is 3. The first kappa shape index (κ1) is 18.1. The summed E-state index contributed by atoms with van der Waals surface area (Å²) in [6, 6.07) is 10.2. The smallest absolute Gasteiger partial charge is 0.254 e. The van der Waals surface area contributed by atoms with Gasteiger partial charge in [-0.05, 0) is 52.2 Å². The standard InChI is InChI=1S/C17H15BrF2N2O2/c18-13-9-11(5-6-15(13)20)7-8-21-16(23)10-22-17(24)12-3-1-2-4-14(12)19/h1-6,9H,7-8,10H2,(H,21,23)(H,22,24). The van der Waals surface area contributed by atoms with Crippen LogP contribution in [0.3, 0.4) is 0 Å². The van der Waals surface area contributed by atoms with Gasteiger partial charge in [0.2, 0.25) is 5.91 Å². The van der Waals surface area contributed by atoms with E-state index < -0.39 is 11.7 Å². The minimum atomic E-state index is -0.647. The van der Waals surface area contributed by atoms with Crippen LogP contribution in [0, 0.1) is 11.6 Å². The molecule has 0 unspecified atom stereocenters. The summed E-state index contributed by atoms with van der Waals surface area (Å²) in [6.07, 6.45) is 0.520. The van der Waals surface area contributed by atoms with Crippen LogP contribution < -0.4 is 10.6 Å². The van der Waals surface area contributed by atoms with E-state index in [4.69, 9.17) is 0 Å². The molecule has 126 valence electrons. The van der Waals surface area contributed by atoms with Gasteiger partial charge < -0.3 is 10.6 Å². The second kappa shape index (κ2) is 8.54. The fourth-order valence-corrected chi connectivity index (χ4v) is 2.43. The Morgan fingerprint density at radius 3 is 2.46 bits per heavy atom. The van der Waals surface area contributed by atoms with Gasteiger partial charge in [-0.15, -0.1) is 0 Å². The number of benzene rings is 2. The third-order valence-electron chi connectivity index (χ3n) is 3.25. The van der Waals surface area contributed by atoms with E-state index in [2.05, 4.69) is 26.6 Å². The first-order chi connectivity index (χ1) is 11.5. The Balaban J connectivity index is 1.74. The lowest BCUT2D eigenvalue weighted by Gasteiger charge is -2.08. The maximum absolute atomic E-state index is 13.4. The van der Waals surface area contributed by atoms with Gasteiger partial charge in [0, 0.05) is 6.54 Å². The Hall–Kier alpha value is -2.28. The van der Waals surface area contributed by atoms with Crippen LogP contribution >= 0.6 is 15.9 Å². The molecule has 0 heterocycles. The van der Waals surface area contributed by atoms with Crippen molar-refractivity contribution in [1.82, 2.24) is 10.6 Å². The summed E-state index contributed by atoms with van der Waals surface area (Å²) in [7, 11) is 0. The molecule has 24 heavy (non-hydrogen) atoms. The van der Waals surface area contributed by atoms with E-state index in [-0.39, 0.29) is 23.8 Å². The van der Waals surface area contributed by atoms with Gasteiger partial charge in [-0.3, -0.25) is 9.59 Å². The minimum Gasteiger partial charge on any atom is -0.354 e. The normalized spacial score (nSPS) is 10.3. The monoisotopic (exact) mass is 396 g/mol. The molecule has 0 radical (unpaired) electrons. The van der Waals surface area contributed by atoms with E-state index in [1.54, 1.807) is 18.2 Å². The highest BCUT2D eigenvalue weighted by Gasteiger charge is 2.11. The maximum Gasteiger partial charge on any atom is 0.254 e. The van der Waals surface area contributed by atoms with E-state index in [1.165, 1.54) is 24.3 Å². The molecule has 0 bridgehead atoms. The molecule has 0 spiro atoms. The van der Waals surface area contributed by atoms with Crippen LogP contribution in [-0.4, -0.2) is 24.9 Å². The minimum absolute atomic E-state index is 0.110. The fraction of sp³-hybridized carbons (Fsp3) is 0.176. The molecule has 0 atom stereocenters. The number of nitrogens with one attached hydrogen (secondary N) is 2. The maximum atomic E-state index is 13.4. The van der Waals surface area contributed by atoms with E-state index >= 15 is 0 Å². The average Bonchev–Trinajstić information content (AvgIpc) is 2.56. The van der Waals surface area contributed by atoms with Crippen LogP contribution in [0.4, 0.5) is 8.78 Å². The molecule has 2 N–H and O–H groups in total. The first-order valence-corrected chi connectivity index (χ1v) is 8.00. The second-order valence-electron chi connectivity index (χ2n) is 5.01. The first-order valence-electron chi connectivity index (χ1n) is 7.20. The number of rotatable bonds is 6. The van der Waals surface area contributed by atoms with E-state index in [0.29, 0.717) is 17.4 Å². The summed E-state index contributed by atoms with van der Waals surface area (Å²) >= 11 is 3.10. The summed E-state index contributed by atoms with van der Waals surface area (Å²) in [5, 5.41) is 4.99. The number of carbonyl (C=O) groups excluding carboxylic acids is 2. The van der Waals surface area contributed by atoms with Crippen molar-refractivity contribution in [2.75, 3.05) is 13.1 Å². The lowest BCUT2D eigenvalue weighted by molar-refractivity contribution is -0.120. The zero-order chi connectivity index (χ0) is 17.5. The van der Waals surface area contributed by atoms with Gasteiger partial charge in [-0.25, -0.2) is 8.78 Å². The molecule has 0 saturated carbocycles. The molecule has 2 aromatic carbocycles. The van der Waals surface area contributed by atoms with Crippen molar-refractivity contribution in [3.63, 3.8) is 0 Å². The average molecular weight is 397 g/mol. The molecule has 2 rings (SSSR count). The van der Waals surface area contributed by atoms with Crippen molar-refractivity contribution in [2.24, 2.45) is 0 Å². The van der Waals surface area contributed by atoms with Gasteiger partial charge in [-0.1, -0.05) is 18.2 Å². The molecule has 0 aromatic heterocycles. The molecule has 0 fully saturated rings. The van der Waals surface area contributed by atoms with Gasteiger partial charge in [0.1, 0.15) is 11.6 Å². The zero-order valence-corrected chi connectivity index (χ0v) is 14.2. The molecule has 7 heteroatoms. The van der Waals surface area contributed by atoms with Crippen LogP contribution in [0.2, 0.25) is 0 Å². The largest absolute Gasteiger partial charge is 0.354 e. The van der Waals surface area contributed by atoms with Crippen LogP contribution in [0.5, 0.6) is 0 Å². The Kier molecular flexibility index (Phi) is 6.43. The summed E-state index contributed by atoms with van der Waals surface area (Å²) in [6.45, 7) is 0.0900. The predicted octanol–water partition coefficient (Wildman–Crippen LogP) is 2.82. The molecule has 0 aliphatic heterocycles. The van der Waals surface area contributed by atoms with E-state index in [9.17, 15) is 18.4 Å². The predicted molar refractivity (Wildman–Crippen MR) is 89.5 cm³/mol. The van der Waals surface area contributed by atoms with Gasteiger partial charge >= 0.3 is 0 Å². The highest BCUT2D eigenvalue weighted by molar-refractivity contribution is 9.10. The van der Waals surface area contributed by atoms with E-state index in [1.807, 2.05) is 0 Å². The number of hydrogen-bond acceptors (Lipinski definition) is 2. The van der Waals surface area contributed by atoms with Crippen molar-refractivity contribution in [1.29, 1.82) is 0 Å². The van der Waals surface area contributed by atoms with Crippen molar-refractivity contribution in [3.8, 4) is 0 Å². The molecule has 2 amide bonds. The molecule has 4 nitrogen and oxygen atoms in total. The number of carbonyl (C=O) groups is 2. The summed E-state index contributed by atoms with van der Waals surface area (Å²) in [5.41, 5.74) is 0.750. The Labute approximate surface area is 146 Å². The van der Waals surface area contributed by atoms with Crippen LogP contribution in [-0.2, 0) is 11.2 Å². The van der Waals surface area contributed by atoms with Crippen LogP contribution in [0.15, 0.2) is 46.9 Å². The van der Waals surface area contributed by atoms with E-state index in [0.717, 1.165) is 5.56 Å². The van der Waals surface area contributed by atoms with Crippen molar-refractivity contribution in [3.05, 3.63) is 69.7 Å². The quantitative estimate of drug-likeness (QED) is 0.788. The lowest BCUT2D eigenvalue weighted by Crippen LogP contribution is -2.37. The second-order valence-corrected chi connectivity index (χ2v) is 5.87. The van der Waals surface area contributed by atoms with Crippen LogP contribution in [0.1, 0.15) is 15.9 Å². The summed E-state index contributed by atoms with van der Waals surface area (Å²) in [4.78, 5) is 23.4. The molecule has 0 saturated heterocycles. The van der Waals surface area contributed by atoms with Crippen molar-refractivity contribution >= 4 is 27.7 Å². The highest BCUT2D eigenvalue weighted by Crippen LogP contribution is 2.16. The highest BCUT2D eigenvalue weighted by atomic mass is 79.9. The fourth-order valence-electron chi connectivity index (χ4n) is 2.01. The molecule has 0 aliphatic carbocycles. The summed E-state index contributed by atoms with van der Waals surface area (Å²) in [5.74, 6) is -2.03. The third kappa shape index (κ3) is 5.13. The topological polar surface area (TPSA) is 58.2 Å². The summed E-state index contributed by atoms with van der Waals surface area (Å²) < 4.78 is 26.9. The Bertz CT molecular complexity index is 753. The number of hydrogen-bond donors (Lipinski definition) is 2. The molecule has 0 aliphatic rings. The Morgan fingerprint density at radius 2 is 1.75 bits per heavy atom. The third-order valence-corrected chi connectivity index (χ3v) is 3.86. The van der Waals surface area contributed by atoms with Gasteiger partial charge in [-0.2, -0.15) is 0 Å². The lowest BCUT2D eigenvalue weighted by atomic mass is 10.1. The van der Waals surface area contributed by atoms with Crippen molar-refractivity contribution < 1.29 is 18.4 Å². The van der Waals surface area contributed by atoms with Gasteiger partial charge in [0.25, 0.3) is 5.91 Å². The zero-order valence-electron chi connectivity index (χ0n) is 12.6. The Morgan fingerprint density at radius 1 is 1.00 bits per heavy atom. The van der Waals surface area contributed by atoms with Gasteiger partial charge in [0.05, 0.1) is 16.6 Å². The molecule has 2 aromatic rings. The van der Waals surface area contributed by atoms with Crippen molar-refractivity contribution in [2.45, 2.75) is 6.42 Å². The van der Waals surface area contributed by atoms with Gasteiger partial charge in [0.15, 0.2) is 0 Å². The van der Waals surface area contributed by atoms with Crippen LogP contribution in [0.25, 0.3) is 0 Å². The molecular weight excluding hydrogens is 382 g/mol. The molecular formula is C17H15BrF2N2O2. The SMILES string of the molecule is O=C(CNC(=O)c1ccccc1F)NCCc1ccc(F)c(Br)c1.